The molecule has 2 aromatic heterocycles. The van der Waals surface area contributed by atoms with E-state index in [4.69, 9.17) is 16.3 Å². The summed E-state index contributed by atoms with van der Waals surface area (Å²) in [6.45, 7) is -0.165. The van der Waals surface area contributed by atoms with Gasteiger partial charge in [0, 0.05) is 22.2 Å². The highest BCUT2D eigenvalue weighted by Crippen LogP contribution is 2.30. The van der Waals surface area contributed by atoms with Crippen molar-refractivity contribution in [1.29, 1.82) is 0 Å². The number of thiazole rings is 1. The van der Waals surface area contributed by atoms with Crippen molar-refractivity contribution >= 4 is 39.6 Å². The summed E-state index contributed by atoms with van der Waals surface area (Å²) in [7, 11) is 0. The highest BCUT2D eigenvalue weighted by Gasteiger charge is 2.17. The maximum atomic E-state index is 13.2. The number of hydrogen-bond acceptors (Lipinski definition) is 4. The molecule has 0 aliphatic rings. The number of amides is 1. The van der Waals surface area contributed by atoms with Gasteiger partial charge in [0.1, 0.15) is 23.1 Å². The third-order valence-electron chi connectivity index (χ3n) is 3.82. The number of carbonyl (C=O) groups excluding carboxylic acids is 1. The van der Waals surface area contributed by atoms with Crippen LogP contribution in [-0.2, 0) is 4.79 Å². The summed E-state index contributed by atoms with van der Waals surface area (Å²) in [6, 6.07) is 12.7. The van der Waals surface area contributed by atoms with Crippen molar-refractivity contribution in [3.05, 3.63) is 70.9 Å². The second-order valence-electron chi connectivity index (χ2n) is 5.66. The summed E-state index contributed by atoms with van der Waals surface area (Å²) in [5.74, 6) is 0.396. The minimum atomic E-state index is -0.332. The Morgan fingerprint density at radius 3 is 2.67 bits per heavy atom. The molecule has 0 unspecified atom stereocenters. The Morgan fingerprint density at radius 2 is 1.93 bits per heavy atom. The molecule has 0 atom stereocenters. The number of carbonyl (C=O) groups is 1. The third kappa shape index (κ3) is 3.79. The van der Waals surface area contributed by atoms with E-state index in [9.17, 15) is 9.18 Å². The number of ether oxygens (including phenoxy) is 1. The fourth-order valence-corrected chi connectivity index (χ4v) is 3.40. The van der Waals surface area contributed by atoms with Crippen LogP contribution in [0.5, 0.6) is 5.75 Å². The zero-order valence-electron chi connectivity index (χ0n) is 13.9. The van der Waals surface area contributed by atoms with Crippen molar-refractivity contribution < 1.29 is 13.9 Å². The first-order chi connectivity index (χ1) is 13.1. The topological polar surface area (TPSA) is 55.6 Å². The second kappa shape index (κ2) is 7.38. The third-order valence-corrected chi connectivity index (χ3v) is 4.83. The van der Waals surface area contributed by atoms with Gasteiger partial charge in [0.2, 0.25) is 0 Å². The van der Waals surface area contributed by atoms with Crippen molar-refractivity contribution in [1.82, 2.24) is 9.38 Å². The summed E-state index contributed by atoms with van der Waals surface area (Å²) in [5.41, 5.74) is 1.28. The zero-order valence-corrected chi connectivity index (χ0v) is 15.4. The fraction of sp³-hybridized carbons (Fsp3) is 0.0526. The van der Waals surface area contributed by atoms with Gasteiger partial charge in [-0.2, -0.15) is 0 Å². The SMILES string of the molecule is O=C(COc1ccc(Cl)cc1)Nc1c(-c2ccc(F)cc2)nc2sccn12. The fourth-order valence-electron chi connectivity index (χ4n) is 2.56. The molecule has 136 valence electrons. The molecule has 1 N–H and O–H groups in total. The molecule has 27 heavy (non-hydrogen) atoms. The van der Waals surface area contributed by atoms with Gasteiger partial charge in [-0.15, -0.1) is 11.3 Å². The molecule has 0 saturated carbocycles. The number of halogens is 2. The van der Waals surface area contributed by atoms with Gasteiger partial charge in [-0.25, -0.2) is 9.37 Å². The first kappa shape index (κ1) is 17.5. The summed E-state index contributed by atoms with van der Waals surface area (Å²) in [4.78, 5) is 17.7. The Bertz CT molecular complexity index is 1090. The Balaban J connectivity index is 1.56. The Kier molecular flexibility index (Phi) is 4.79. The van der Waals surface area contributed by atoms with Gasteiger partial charge in [-0.3, -0.25) is 9.20 Å². The van der Waals surface area contributed by atoms with E-state index in [0.717, 1.165) is 4.96 Å². The number of fused-ring (bicyclic) bond motifs is 1. The van der Waals surface area contributed by atoms with Crippen LogP contribution in [-0.4, -0.2) is 21.9 Å². The first-order valence-electron chi connectivity index (χ1n) is 8.00. The van der Waals surface area contributed by atoms with Crippen LogP contribution in [0.3, 0.4) is 0 Å². The van der Waals surface area contributed by atoms with E-state index in [1.165, 1.54) is 23.5 Å². The zero-order chi connectivity index (χ0) is 18.8. The first-order valence-corrected chi connectivity index (χ1v) is 9.25. The minimum absolute atomic E-state index is 0.165. The molecule has 8 heteroatoms. The minimum Gasteiger partial charge on any atom is -0.484 e. The molecule has 0 fully saturated rings. The van der Waals surface area contributed by atoms with Crippen LogP contribution in [0.2, 0.25) is 5.02 Å². The molecule has 5 nitrogen and oxygen atoms in total. The number of aromatic nitrogens is 2. The van der Waals surface area contributed by atoms with Gasteiger partial charge < -0.3 is 10.1 Å². The van der Waals surface area contributed by atoms with Crippen LogP contribution in [0.4, 0.5) is 10.2 Å². The molecule has 4 rings (SSSR count). The van der Waals surface area contributed by atoms with Gasteiger partial charge in [-0.1, -0.05) is 11.6 Å². The van der Waals surface area contributed by atoms with Gasteiger partial charge >= 0.3 is 0 Å². The molecule has 4 aromatic rings. The van der Waals surface area contributed by atoms with E-state index < -0.39 is 0 Å². The molecule has 2 aromatic carbocycles. The summed E-state index contributed by atoms with van der Waals surface area (Å²) >= 11 is 7.27. The molecular weight excluding hydrogens is 389 g/mol. The van der Waals surface area contributed by atoms with Gasteiger partial charge in [0.25, 0.3) is 5.91 Å². The normalized spacial score (nSPS) is 10.9. The monoisotopic (exact) mass is 401 g/mol. The molecule has 0 aliphatic heterocycles. The number of imidazole rings is 1. The van der Waals surface area contributed by atoms with E-state index in [2.05, 4.69) is 10.3 Å². The molecule has 2 heterocycles. The van der Waals surface area contributed by atoms with Gasteiger partial charge in [0.15, 0.2) is 11.6 Å². The van der Waals surface area contributed by atoms with E-state index in [0.29, 0.717) is 27.8 Å². The Hall–Kier alpha value is -2.90. The van der Waals surface area contributed by atoms with Crippen LogP contribution in [0, 0.1) is 5.82 Å². The maximum Gasteiger partial charge on any atom is 0.263 e. The van der Waals surface area contributed by atoms with Crippen LogP contribution in [0.15, 0.2) is 60.1 Å². The average Bonchev–Trinajstić information content (AvgIpc) is 3.25. The van der Waals surface area contributed by atoms with E-state index in [1.807, 2.05) is 11.6 Å². The van der Waals surface area contributed by atoms with Crippen molar-refractivity contribution in [2.45, 2.75) is 0 Å². The number of nitrogens with one attached hydrogen (secondary N) is 1. The Morgan fingerprint density at radius 1 is 1.19 bits per heavy atom. The second-order valence-corrected chi connectivity index (χ2v) is 6.97. The van der Waals surface area contributed by atoms with E-state index in [-0.39, 0.29) is 18.3 Å². The summed E-state index contributed by atoms with van der Waals surface area (Å²) in [5, 5.41) is 5.30. The smallest absolute Gasteiger partial charge is 0.263 e. The molecule has 0 spiro atoms. The van der Waals surface area contributed by atoms with E-state index in [1.54, 1.807) is 40.8 Å². The number of rotatable bonds is 5. The highest BCUT2D eigenvalue weighted by molar-refractivity contribution is 7.15. The van der Waals surface area contributed by atoms with Crippen LogP contribution >= 0.6 is 22.9 Å². The number of benzene rings is 2. The van der Waals surface area contributed by atoms with Crippen LogP contribution in [0.1, 0.15) is 0 Å². The average molecular weight is 402 g/mol. The van der Waals surface area contributed by atoms with Crippen LogP contribution < -0.4 is 10.1 Å². The van der Waals surface area contributed by atoms with Gasteiger partial charge in [0.05, 0.1) is 0 Å². The standard InChI is InChI=1S/C19H13ClFN3O2S/c20-13-3-7-15(8-4-13)26-11-16(25)22-18-17(12-1-5-14(21)6-2-12)23-19-24(18)9-10-27-19/h1-10H,11H2,(H,22,25). The summed E-state index contributed by atoms with van der Waals surface area (Å²) in [6.07, 6.45) is 1.82. The number of anilines is 1. The molecular formula is C19H13ClFN3O2S. The predicted molar refractivity (Wildman–Crippen MR) is 104 cm³/mol. The van der Waals surface area contributed by atoms with Gasteiger partial charge in [-0.05, 0) is 48.5 Å². The lowest BCUT2D eigenvalue weighted by molar-refractivity contribution is -0.118. The van der Waals surface area contributed by atoms with Crippen molar-refractivity contribution in [2.75, 3.05) is 11.9 Å². The van der Waals surface area contributed by atoms with Crippen molar-refractivity contribution in [3.63, 3.8) is 0 Å². The molecule has 0 bridgehead atoms. The van der Waals surface area contributed by atoms with Crippen LogP contribution in [0.25, 0.3) is 16.2 Å². The lowest BCUT2D eigenvalue weighted by Crippen LogP contribution is -2.21. The number of nitrogens with zero attached hydrogens (tertiary/aromatic N) is 2. The summed E-state index contributed by atoms with van der Waals surface area (Å²) < 4.78 is 20.5. The quantitative estimate of drug-likeness (QED) is 0.519. The molecule has 1 amide bonds. The van der Waals surface area contributed by atoms with Crippen molar-refractivity contribution in [2.24, 2.45) is 0 Å². The molecule has 0 aliphatic carbocycles. The lowest BCUT2D eigenvalue weighted by atomic mass is 10.1. The predicted octanol–water partition coefficient (Wildman–Crippen LogP) is 4.87. The largest absolute Gasteiger partial charge is 0.484 e. The Labute approximate surface area is 163 Å². The highest BCUT2D eigenvalue weighted by atomic mass is 35.5. The number of hydrogen-bond donors (Lipinski definition) is 1. The van der Waals surface area contributed by atoms with E-state index >= 15 is 0 Å². The van der Waals surface area contributed by atoms with Crippen molar-refractivity contribution in [3.8, 4) is 17.0 Å². The lowest BCUT2D eigenvalue weighted by Gasteiger charge is -2.09. The molecule has 0 saturated heterocycles. The maximum absolute atomic E-state index is 13.2. The molecule has 0 radical (unpaired) electrons.